The first-order chi connectivity index (χ1) is 7.70. The molecule has 0 spiro atoms. The van der Waals surface area contributed by atoms with Gasteiger partial charge >= 0.3 is 0 Å². The van der Waals surface area contributed by atoms with Crippen LogP contribution in [-0.2, 0) is 0 Å². The number of aromatic nitrogens is 2. The van der Waals surface area contributed by atoms with Gasteiger partial charge in [-0.25, -0.2) is 0 Å². The summed E-state index contributed by atoms with van der Waals surface area (Å²) in [5, 5.41) is 0. The number of anilines is 2. The van der Waals surface area contributed by atoms with Gasteiger partial charge in [0.15, 0.2) is 0 Å². The Morgan fingerprint density at radius 3 is 2.69 bits per heavy atom. The molecule has 1 saturated carbocycles. The lowest BCUT2D eigenvalue weighted by molar-refractivity contribution is 0.397. The number of methoxy groups -OCH3 is 1. The minimum atomic E-state index is 0.263. The lowest BCUT2D eigenvalue weighted by Gasteiger charge is -2.25. The summed E-state index contributed by atoms with van der Waals surface area (Å²) < 4.78 is 5.09. The Bertz CT molecular complexity index is 363. The maximum absolute atomic E-state index is 5.64. The van der Waals surface area contributed by atoms with Gasteiger partial charge in [0.1, 0.15) is 5.82 Å². The molecule has 0 aromatic carbocycles. The van der Waals surface area contributed by atoms with Crippen LogP contribution in [0.3, 0.4) is 0 Å². The van der Waals surface area contributed by atoms with Crippen LogP contribution in [0.25, 0.3) is 0 Å². The second-order valence-electron chi connectivity index (χ2n) is 4.18. The van der Waals surface area contributed by atoms with Crippen molar-refractivity contribution < 1.29 is 4.74 Å². The minimum Gasteiger partial charge on any atom is -0.481 e. The van der Waals surface area contributed by atoms with Gasteiger partial charge in [-0.2, -0.15) is 9.97 Å². The van der Waals surface area contributed by atoms with Crippen LogP contribution in [0.2, 0.25) is 0 Å². The van der Waals surface area contributed by atoms with Gasteiger partial charge in [-0.3, -0.25) is 0 Å². The van der Waals surface area contributed by atoms with Crippen molar-refractivity contribution in [3.63, 3.8) is 0 Å². The highest BCUT2D eigenvalue weighted by Crippen LogP contribution is 2.27. The van der Waals surface area contributed by atoms with Crippen LogP contribution >= 0.6 is 0 Å². The SMILES string of the molecule is COc1cc(N(C)C2CCCC2)nc(N)n1. The molecule has 0 atom stereocenters. The van der Waals surface area contributed by atoms with E-state index in [9.17, 15) is 0 Å². The van der Waals surface area contributed by atoms with E-state index >= 15 is 0 Å². The molecule has 0 saturated heterocycles. The number of nitrogens with zero attached hydrogens (tertiary/aromatic N) is 3. The summed E-state index contributed by atoms with van der Waals surface area (Å²) in [6.45, 7) is 0. The van der Waals surface area contributed by atoms with Crippen molar-refractivity contribution in [3.8, 4) is 5.88 Å². The van der Waals surface area contributed by atoms with Crippen LogP contribution in [-0.4, -0.2) is 30.2 Å². The fourth-order valence-corrected chi connectivity index (χ4v) is 2.19. The van der Waals surface area contributed by atoms with Crippen LogP contribution < -0.4 is 15.4 Å². The molecular formula is C11H18N4O. The van der Waals surface area contributed by atoms with E-state index in [1.807, 2.05) is 6.07 Å². The van der Waals surface area contributed by atoms with Crippen molar-refractivity contribution in [1.29, 1.82) is 0 Å². The number of hydrogen-bond acceptors (Lipinski definition) is 5. The average molecular weight is 222 g/mol. The van der Waals surface area contributed by atoms with Crippen molar-refractivity contribution in [1.82, 2.24) is 9.97 Å². The molecule has 16 heavy (non-hydrogen) atoms. The first-order valence-electron chi connectivity index (χ1n) is 5.62. The predicted molar refractivity (Wildman–Crippen MR) is 63.7 cm³/mol. The molecule has 88 valence electrons. The molecule has 1 aliphatic rings. The quantitative estimate of drug-likeness (QED) is 0.838. The normalized spacial score (nSPS) is 16.4. The summed E-state index contributed by atoms with van der Waals surface area (Å²) in [5.41, 5.74) is 5.64. The Labute approximate surface area is 95.6 Å². The van der Waals surface area contributed by atoms with Crippen LogP contribution in [0.5, 0.6) is 5.88 Å². The Morgan fingerprint density at radius 2 is 2.06 bits per heavy atom. The summed E-state index contributed by atoms with van der Waals surface area (Å²) >= 11 is 0. The van der Waals surface area contributed by atoms with Gasteiger partial charge in [-0.1, -0.05) is 12.8 Å². The van der Waals surface area contributed by atoms with Crippen LogP contribution in [0.4, 0.5) is 11.8 Å². The maximum Gasteiger partial charge on any atom is 0.225 e. The van der Waals surface area contributed by atoms with Crippen molar-refractivity contribution in [2.45, 2.75) is 31.7 Å². The van der Waals surface area contributed by atoms with Crippen LogP contribution in [0.15, 0.2) is 6.07 Å². The monoisotopic (exact) mass is 222 g/mol. The molecule has 1 fully saturated rings. The van der Waals surface area contributed by atoms with Gasteiger partial charge < -0.3 is 15.4 Å². The van der Waals surface area contributed by atoms with Crippen molar-refractivity contribution in [3.05, 3.63) is 6.07 Å². The highest BCUT2D eigenvalue weighted by Gasteiger charge is 2.21. The van der Waals surface area contributed by atoms with E-state index in [0.717, 1.165) is 5.82 Å². The Morgan fingerprint density at radius 1 is 1.38 bits per heavy atom. The number of hydrogen-bond donors (Lipinski definition) is 1. The summed E-state index contributed by atoms with van der Waals surface area (Å²) in [6, 6.07) is 2.40. The second-order valence-corrected chi connectivity index (χ2v) is 4.18. The fraction of sp³-hybridized carbons (Fsp3) is 0.636. The molecule has 1 aromatic heterocycles. The summed E-state index contributed by atoms with van der Waals surface area (Å²) in [7, 11) is 3.64. The zero-order valence-electron chi connectivity index (χ0n) is 9.81. The lowest BCUT2D eigenvalue weighted by atomic mass is 10.2. The molecule has 5 heteroatoms. The van der Waals surface area contributed by atoms with Gasteiger partial charge in [-0.05, 0) is 12.8 Å². The van der Waals surface area contributed by atoms with Crippen LogP contribution in [0.1, 0.15) is 25.7 Å². The zero-order valence-corrected chi connectivity index (χ0v) is 9.81. The van der Waals surface area contributed by atoms with E-state index in [-0.39, 0.29) is 5.95 Å². The molecule has 2 N–H and O–H groups in total. The van der Waals surface area contributed by atoms with E-state index in [0.29, 0.717) is 11.9 Å². The zero-order chi connectivity index (χ0) is 11.5. The molecular weight excluding hydrogens is 204 g/mol. The number of rotatable bonds is 3. The first-order valence-corrected chi connectivity index (χ1v) is 5.62. The summed E-state index contributed by atoms with van der Waals surface area (Å²) in [5.74, 6) is 1.63. The molecule has 2 rings (SSSR count). The van der Waals surface area contributed by atoms with Gasteiger partial charge in [0.25, 0.3) is 0 Å². The predicted octanol–water partition coefficient (Wildman–Crippen LogP) is 1.45. The largest absolute Gasteiger partial charge is 0.481 e. The third kappa shape index (κ3) is 2.18. The van der Waals surface area contributed by atoms with E-state index in [4.69, 9.17) is 10.5 Å². The average Bonchev–Trinajstić information content (AvgIpc) is 2.80. The minimum absolute atomic E-state index is 0.263. The molecule has 1 heterocycles. The summed E-state index contributed by atoms with van der Waals surface area (Å²) in [6.07, 6.45) is 5.05. The van der Waals surface area contributed by atoms with E-state index in [1.54, 1.807) is 7.11 Å². The third-order valence-corrected chi connectivity index (χ3v) is 3.15. The van der Waals surface area contributed by atoms with Gasteiger partial charge in [0, 0.05) is 19.2 Å². The second kappa shape index (κ2) is 4.55. The number of nitrogen functional groups attached to an aromatic ring is 1. The molecule has 1 aromatic rings. The Kier molecular flexibility index (Phi) is 3.12. The maximum atomic E-state index is 5.64. The third-order valence-electron chi connectivity index (χ3n) is 3.15. The number of ether oxygens (including phenoxy) is 1. The standard InChI is InChI=1S/C11H18N4O/c1-15(8-5-3-4-6-8)9-7-10(16-2)14-11(12)13-9/h7-8H,3-6H2,1-2H3,(H2,12,13,14). The van der Waals surface area contributed by atoms with E-state index in [1.165, 1.54) is 25.7 Å². The number of nitrogens with two attached hydrogens (primary N) is 1. The van der Waals surface area contributed by atoms with Gasteiger partial charge in [0.05, 0.1) is 7.11 Å². The first kappa shape index (κ1) is 11.0. The highest BCUT2D eigenvalue weighted by molar-refractivity contribution is 5.45. The Hall–Kier alpha value is -1.52. The molecule has 1 aliphatic carbocycles. The molecule has 5 nitrogen and oxygen atoms in total. The highest BCUT2D eigenvalue weighted by atomic mass is 16.5. The Balaban J connectivity index is 2.21. The topological polar surface area (TPSA) is 64.3 Å². The molecule has 0 bridgehead atoms. The molecule has 0 amide bonds. The van der Waals surface area contributed by atoms with Crippen molar-refractivity contribution >= 4 is 11.8 Å². The van der Waals surface area contributed by atoms with Crippen molar-refractivity contribution in [2.24, 2.45) is 0 Å². The molecule has 0 aliphatic heterocycles. The molecule has 0 unspecified atom stereocenters. The lowest BCUT2D eigenvalue weighted by Crippen LogP contribution is -2.29. The van der Waals surface area contributed by atoms with E-state index in [2.05, 4.69) is 21.9 Å². The molecule has 0 radical (unpaired) electrons. The van der Waals surface area contributed by atoms with E-state index < -0.39 is 0 Å². The fourth-order valence-electron chi connectivity index (χ4n) is 2.19. The van der Waals surface area contributed by atoms with Gasteiger partial charge in [-0.15, -0.1) is 0 Å². The smallest absolute Gasteiger partial charge is 0.225 e. The summed E-state index contributed by atoms with van der Waals surface area (Å²) in [4.78, 5) is 10.4. The van der Waals surface area contributed by atoms with Gasteiger partial charge in [0.2, 0.25) is 11.8 Å². The van der Waals surface area contributed by atoms with Crippen LogP contribution in [0, 0.1) is 0 Å². The van der Waals surface area contributed by atoms with Crippen molar-refractivity contribution in [2.75, 3.05) is 24.8 Å².